The molecular weight excluding hydrogens is 292 g/mol. The Balaban J connectivity index is 1.84. The number of nitrogens with one attached hydrogen (secondary N) is 1. The van der Waals surface area contributed by atoms with Gasteiger partial charge in [-0.2, -0.15) is 0 Å². The molecule has 1 aromatic heterocycles. The molecule has 3 atom stereocenters. The second kappa shape index (κ2) is 8.26. The number of carbonyl (C=O) groups is 1. The maximum absolute atomic E-state index is 12.4. The van der Waals surface area contributed by atoms with Crippen LogP contribution in [0.3, 0.4) is 0 Å². The molecule has 1 fully saturated rings. The summed E-state index contributed by atoms with van der Waals surface area (Å²) in [6, 6.07) is 4.52. The minimum absolute atomic E-state index is 0.00983. The van der Waals surface area contributed by atoms with E-state index in [1.54, 1.807) is 17.3 Å². The standard InChI is InChI=1S/C17H28N4O2/c1-13(21-9-10-23-12-14(21)2)11-19-17(22)20(4)15(3)16-5-7-18-8-6-16/h5-8,13-15H,9-12H2,1-4H3,(H,19,22)/t13-,14+,15+/m0/s1. The predicted octanol–water partition coefficient (Wildman–Crippen LogP) is 1.89. The average Bonchev–Trinajstić information content (AvgIpc) is 2.59. The van der Waals surface area contributed by atoms with Crippen LogP contribution in [-0.4, -0.2) is 66.2 Å². The lowest BCUT2D eigenvalue weighted by atomic mass is 10.1. The number of rotatable bonds is 5. The van der Waals surface area contributed by atoms with Gasteiger partial charge in [0.1, 0.15) is 0 Å². The van der Waals surface area contributed by atoms with Crippen LogP contribution >= 0.6 is 0 Å². The molecule has 128 valence electrons. The van der Waals surface area contributed by atoms with E-state index in [-0.39, 0.29) is 12.1 Å². The Kier molecular flexibility index (Phi) is 6.36. The molecule has 1 aliphatic rings. The van der Waals surface area contributed by atoms with E-state index in [2.05, 4.69) is 29.0 Å². The van der Waals surface area contributed by atoms with Gasteiger partial charge >= 0.3 is 6.03 Å². The van der Waals surface area contributed by atoms with Crippen molar-refractivity contribution < 1.29 is 9.53 Å². The van der Waals surface area contributed by atoms with Crippen LogP contribution in [-0.2, 0) is 4.74 Å². The van der Waals surface area contributed by atoms with Crippen molar-refractivity contribution in [1.29, 1.82) is 0 Å². The largest absolute Gasteiger partial charge is 0.379 e. The molecule has 1 saturated heterocycles. The monoisotopic (exact) mass is 320 g/mol. The first-order valence-corrected chi connectivity index (χ1v) is 8.24. The number of aromatic nitrogens is 1. The SMILES string of the molecule is C[C@H](c1ccncc1)N(C)C(=O)NC[C@H](C)N1CCOC[C@H]1C. The normalized spacial score (nSPS) is 21.5. The van der Waals surface area contributed by atoms with Gasteiger partial charge in [0.05, 0.1) is 19.3 Å². The third-order valence-corrected chi connectivity index (χ3v) is 4.62. The summed E-state index contributed by atoms with van der Waals surface area (Å²) in [6.45, 7) is 9.41. The fraction of sp³-hybridized carbons (Fsp3) is 0.647. The average molecular weight is 320 g/mol. The van der Waals surface area contributed by atoms with Gasteiger partial charge in [0.2, 0.25) is 0 Å². The highest BCUT2D eigenvalue weighted by molar-refractivity contribution is 5.74. The van der Waals surface area contributed by atoms with Gasteiger partial charge in [0.15, 0.2) is 0 Å². The maximum atomic E-state index is 12.4. The van der Waals surface area contributed by atoms with Gasteiger partial charge in [-0.25, -0.2) is 4.79 Å². The third-order valence-electron chi connectivity index (χ3n) is 4.62. The van der Waals surface area contributed by atoms with Crippen LogP contribution < -0.4 is 5.32 Å². The van der Waals surface area contributed by atoms with Crippen LogP contribution in [0.1, 0.15) is 32.4 Å². The summed E-state index contributed by atoms with van der Waals surface area (Å²) in [5, 5.41) is 3.04. The minimum Gasteiger partial charge on any atom is -0.379 e. The molecule has 0 spiro atoms. The molecular formula is C17H28N4O2. The molecule has 6 nitrogen and oxygen atoms in total. The van der Waals surface area contributed by atoms with E-state index in [0.717, 1.165) is 25.3 Å². The van der Waals surface area contributed by atoms with Crippen LogP contribution in [0.5, 0.6) is 0 Å². The molecule has 0 bridgehead atoms. The number of amides is 2. The lowest BCUT2D eigenvalue weighted by molar-refractivity contribution is -0.0178. The summed E-state index contributed by atoms with van der Waals surface area (Å²) in [5.74, 6) is 0. The van der Waals surface area contributed by atoms with Gasteiger partial charge in [0, 0.05) is 44.6 Å². The summed E-state index contributed by atoms with van der Waals surface area (Å²) >= 11 is 0. The van der Waals surface area contributed by atoms with Crippen molar-refractivity contribution in [3.63, 3.8) is 0 Å². The molecule has 1 aromatic rings. The Morgan fingerprint density at radius 2 is 2.17 bits per heavy atom. The van der Waals surface area contributed by atoms with Crippen molar-refractivity contribution in [2.24, 2.45) is 0 Å². The quantitative estimate of drug-likeness (QED) is 0.900. The van der Waals surface area contributed by atoms with E-state index in [1.807, 2.05) is 26.1 Å². The fourth-order valence-corrected chi connectivity index (χ4v) is 2.91. The lowest BCUT2D eigenvalue weighted by Gasteiger charge is -2.38. The van der Waals surface area contributed by atoms with Crippen molar-refractivity contribution in [1.82, 2.24) is 20.1 Å². The van der Waals surface area contributed by atoms with Gasteiger partial charge < -0.3 is 15.0 Å². The maximum Gasteiger partial charge on any atom is 0.317 e. The summed E-state index contributed by atoms with van der Waals surface area (Å²) in [5.41, 5.74) is 1.08. The Hall–Kier alpha value is -1.66. The fourth-order valence-electron chi connectivity index (χ4n) is 2.91. The minimum atomic E-state index is -0.0536. The number of urea groups is 1. The predicted molar refractivity (Wildman–Crippen MR) is 90.3 cm³/mol. The zero-order valence-corrected chi connectivity index (χ0v) is 14.5. The smallest absolute Gasteiger partial charge is 0.317 e. The third kappa shape index (κ3) is 4.65. The van der Waals surface area contributed by atoms with E-state index in [0.29, 0.717) is 18.6 Å². The zero-order valence-electron chi connectivity index (χ0n) is 14.5. The number of hydrogen-bond donors (Lipinski definition) is 1. The number of carbonyl (C=O) groups excluding carboxylic acids is 1. The van der Waals surface area contributed by atoms with Crippen LogP contribution in [0.25, 0.3) is 0 Å². The molecule has 1 N–H and O–H groups in total. The molecule has 2 amide bonds. The number of hydrogen-bond acceptors (Lipinski definition) is 4. The molecule has 0 saturated carbocycles. The van der Waals surface area contributed by atoms with Crippen molar-refractivity contribution in [3.05, 3.63) is 30.1 Å². The molecule has 23 heavy (non-hydrogen) atoms. The molecule has 6 heteroatoms. The molecule has 2 heterocycles. The van der Waals surface area contributed by atoms with Crippen molar-refractivity contribution >= 4 is 6.03 Å². The molecule has 2 rings (SSSR count). The number of pyridine rings is 1. The highest BCUT2D eigenvalue weighted by Crippen LogP contribution is 2.17. The summed E-state index contributed by atoms with van der Waals surface area (Å²) in [4.78, 5) is 20.5. The molecule has 0 aromatic carbocycles. The summed E-state index contributed by atoms with van der Waals surface area (Å²) < 4.78 is 5.46. The number of morpholine rings is 1. The second-order valence-corrected chi connectivity index (χ2v) is 6.26. The van der Waals surface area contributed by atoms with Gasteiger partial charge in [-0.05, 0) is 38.5 Å². The van der Waals surface area contributed by atoms with Crippen LogP contribution in [0.4, 0.5) is 4.79 Å². The van der Waals surface area contributed by atoms with Gasteiger partial charge in [-0.15, -0.1) is 0 Å². The number of ether oxygens (including phenoxy) is 1. The Bertz CT molecular complexity index is 497. The highest BCUT2D eigenvalue weighted by Gasteiger charge is 2.24. The number of nitrogens with zero attached hydrogens (tertiary/aromatic N) is 3. The molecule has 1 aliphatic heterocycles. The van der Waals surface area contributed by atoms with Crippen molar-refractivity contribution in [2.75, 3.05) is 33.4 Å². The first-order chi connectivity index (χ1) is 11.0. The summed E-state index contributed by atoms with van der Waals surface area (Å²) in [7, 11) is 1.82. The van der Waals surface area contributed by atoms with E-state index >= 15 is 0 Å². The second-order valence-electron chi connectivity index (χ2n) is 6.26. The molecule has 0 radical (unpaired) electrons. The Labute approximate surface area is 138 Å². The highest BCUT2D eigenvalue weighted by atomic mass is 16.5. The van der Waals surface area contributed by atoms with E-state index < -0.39 is 0 Å². The van der Waals surface area contributed by atoms with Gasteiger partial charge in [0.25, 0.3) is 0 Å². The topological polar surface area (TPSA) is 57.7 Å². The van der Waals surface area contributed by atoms with Crippen molar-refractivity contribution in [2.45, 2.75) is 38.9 Å². The summed E-state index contributed by atoms with van der Waals surface area (Å²) in [6.07, 6.45) is 3.50. The van der Waals surface area contributed by atoms with Crippen LogP contribution in [0, 0.1) is 0 Å². The van der Waals surface area contributed by atoms with Gasteiger partial charge in [-0.3, -0.25) is 9.88 Å². The van der Waals surface area contributed by atoms with Crippen molar-refractivity contribution in [3.8, 4) is 0 Å². The van der Waals surface area contributed by atoms with E-state index in [9.17, 15) is 4.79 Å². The van der Waals surface area contributed by atoms with Crippen LogP contribution in [0.15, 0.2) is 24.5 Å². The van der Waals surface area contributed by atoms with E-state index in [4.69, 9.17) is 4.74 Å². The Morgan fingerprint density at radius 1 is 1.48 bits per heavy atom. The molecule has 0 unspecified atom stereocenters. The Morgan fingerprint density at radius 3 is 2.83 bits per heavy atom. The molecule has 0 aliphatic carbocycles. The lowest BCUT2D eigenvalue weighted by Crippen LogP contribution is -2.53. The first kappa shape index (κ1) is 17.7. The zero-order chi connectivity index (χ0) is 16.8. The first-order valence-electron chi connectivity index (χ1n) is 8.24. The van der Waals surface area contributed by atoms with Gasteiger partial charge in [-0.1, -0.05) is 0 Å². The van der Waals surface area contributed by atoms with Crippen LogP contribution in [0.2, 0.25) is 0 Å². The van der Waals surface area contributed by atoms with E-state index in [1.165, 1.54) is 0 Å².